The van der Waals surface area contributed by atoms with Crippen molar-refractivity contribution in [1.29, 1.82) is 0 Å². The first kappa shape index (κ1) is 15.0. The molecule has 2 aromatic rings. The van der Waals surface area contributed by atoms with Crippen molar-refractivity contribution in [2.75, 3.05) is 10.6 Å². The van der Waals surface area contributed by atoms with Gasteiger partial charge in [-0.25, -0.2) is 5.10 Å². The monoisotopic (exact) mass is 287 g/mol. The topological polar surface area (TPSA) is 82.7 Å². The van der Waals surface area contributed by atoms with E-state index >= 15 is 0 Å². The third-order valence-corrected chi connectivity index (χ3v) is 3.61. The van der Waals surface area contributed by atoms with Crippen LogP contribution >= 0.6 is 0 Å². The molecule has 6 nitrogen and oxygen atoms in total. The second kappa shape index (κ2) is 6.39. The third kappa shape index (κ3) is 3.59. The summed E-state index contributed by atoms with van der Waals surface area (Å²) in [6.45, 7) is 8.39. The molecule has 1 heterocycles. The highest BCUT2D eigenvalue weighted by Gasteiger charge is 2.14. The quantitative estimate of drug-likeness (QED) is 0.789. The Hall–Kier alpha value is -2.37. The fourth-order valence-electron chi connectivity index (χ4n) is 1.89. The molecule has 0 saturated heterocycles. The third-order valence-electron chi connectivity index (χ3n) is 3.61. The molecule has 0 aliphatic rings. The number of nitrogens with zero attached hydrogens (tertiary/aromatic N) is 2. The molecule has 2 rings (SSSR count). The lowest BCUT2D eigenvalue weighted by molar-refractivity contribution is 0.102. The van der Waals surface area contributed by atoms with E-state index in [0.717, 1.165) is 11.3 Å². The largest absolute Gasteiger partial charge is 0.382 e. The number of carbonyl (C=O) groups is 1. The molecule has 3 N–H and O–H groups in total. The molecular formula is C15H21N5O. The van der Waals surface area contributed by atoms with Crippen LogP contribution in [0.15, 0.2) is 24.5 Å². The molecule has 112 valence electrons. The van der Waals surface area contributed by atoms with Crippen LogP contribution in [0.4, 0.5) is 11.6 Å². The Balaban J connectivity index is 2.19. The summed E-state index contributed by atoms with van der Waals surface area (Å²) in [6, 6.07) is 5.99. The first-order valence-electron chi connectivity index (χ1n) is 7.02. The molecule has 0 unspecified atom stereocenters. The van der Waals surface area contributed by atoms with Gasteiger partial charge in [0.2, 0.25) is 5.95 Å². The number of hydrogen-bond donors (Lipinski definition) is 3. The number of rotatable bonds is 5. The molecule has 0 fully saturated rings. The molecule has 0 bridgehead atoms. The lowest BCUT2D eigenvalue weighted by Crippen LogP contribution is -2.23. The summed E-state index contributed by atoms with van der Waals surface area (Å²) in [5.74, 6) is 0.648. The molecule has 0 aliphatic heterocycles. The van der Waals surface area contributed by atoms with Crippen LogP contribution in [0.2, 0.25) is 0 Å². The van der Waals surface area contributed by atoms with Gasteiger partial charge in [0.15, 0.2) is 0 Å². The zero-order valence-electron chi connectivity index (χ0n) is 12.8. The number of aromatic amines is 1. The summed E-state index contributed by atoms with van der Waals surface area (Å²) in [4.78, 5) is 16.2. The van der Waals surface area contributed by atoms with Crippen LogP contribution < -0.4 is 10.6 Å². The number of amides is 1. The Morgan fingerprint density at radius 2 is 2.05 bits per heavy atom. The lowest BCUT2D eigenvalue weighted by Gasteiger charge is -2.21. The number of hydrogen-bond acceptors (Lipinski definition) is 4. The molecule has 1 aromatic carbocycles. The maximum Gasteiger partial charge on any atom is 0.258 e. The Bertz CT molecular complexity index is 607. The standard InChI is InChI=1S/C15H21N5O/c1-9(2)11(4)18-13-7-5-6-12(10(13)3)14(21)19-15-16-8-17-20-15/h5-9,11,18H,1-4H3,(H2,16,17,19,20,21)/t11-/m1/s1. The van der Waals surface area contributed by atoms with Gasteiger partial charge < -0.3 is 5.32 Å². The molecule has 0 radical (unpaired) electrons. The zero-order valence-corrected chi connectivity index (χ0v) is 12.8. The minimum Gasteiger partial charge on any atom is -0.382 e. The maximum atomic E-state index is 12.3. The molecule has 21 heavy (non-hydrogen) atoms. The fraction of sp³-hybridized carbons (Fsp3) is 0.400. The van der Waals surface area contributed by atoms with Crippen molar-refractivity contribution in [2.45, 2.75) is 33.7 Å². The number of aromatic nitrogens is 3. The van der Waals surface area contributed by atoms with Gasteiger partial charge >= 0.3 is 0 Å². The van der Waals surface area contributed by atoms with Crippen molar-refractivity contribution >= 4 is 17.5 Å². The maximum absolute atomic E-state index is 12.3. The van der Waals surface area contributed by atoms with Crippen molar-refractivity contribution in [2.24, 2.45) is 5.92 Å². The Morgan fingerprint density at radius 3 is 2.67 bits per heavy atom. The van der Waals surface area contributed by atoms with Crippen LogP contribution in [-0.2, 0) is 0 Å². The first-order valence-corrected chi connectivity index (χ1v) is 7.02. The number of benzene rings is 1. The van der Waals surface area contributed by atoms with Gasteiger partial charge in [-0.2, -0.15) is 10.1 Å². The van der Waals surface area contributed by atoms with Crippen molar-refractivity contribution in [1.82, 2.24) is 15.2 Å². The van der Waals surface area contributed by atoms with E-state index in [1.54, 1.807) is 6.07 Å². The van der Waals surface area contributed by atoms with Gasteiger partial charge in [0.25, 0.3) is 5.91 Å². The minimum absolute atomic E-state index is 0.204. The lowest BCUT2D eigenvalue weighted by atomic mass is 10.0. The van der Waals surface area contributed by atoms with E-state index in [4.69, 9.17) is 0 Å². The van der Waals surface area contributed by atoms with Gasteiger partial charge in [0, 0.05) is 17.3 Å². The molecule has 1 amide bonds. The molecule has 0 aliphatic carbocycles. The van der Waals surface area contributed by atoms with E-state index in [-0.39, 0.29) is 5.91 Å². The zero-order chi connectivity index (χ0) is 15.4. The number of anilines is 2. The highest BCUT2D eigenvalue weighted by atomic mass is 16.1. The minimum atomic E-state index is -0.204. The van der Waals surface area contributed by atoms with Crippen molar-refractivity contribution in [3.05, 3.63) is 35.7 Å². The Labute approximate surface area is 124 Å². The fourth-order valence-corrected chi connectivity index (χ4v) is 1.89. The number of nitrogens with one attached hydrogen (secondary N) is 3. The predicted octanol–water partition coefficient (Wildman–Crippen LogP) is 2.82. The predicted molar refractivity (Wildman–Crippen MR) is 83.4 cm³/mol. The van der Waals surface area contributed by atoms with Crippen LogP contribution in [0.3, 0.4) is 0 Å². The summed E-state index contributed by atoms with van der Waals surface area (Å²) in [6.07, 6.45) is 1.35. The van der Waals surface area contributed by atoms with Crippen LogP contribution in [0.5, 0.6) is 0 Å². The number of carbonyl (C=O) groups excluding carboxylic acids is 1. The SMILES string of the molecule is Cc1c(N[C@H](C)C(C)C)cccc1C(=O)Nc1ncn[nH]1. The normalized spacial score (nSPS) is 12.2. The van der Waals surface area contributed by atoms with Gasteiger partial charge in [0.1, 0.15) is 6.33 Å². The average molecular weight is 287 g/mol. The van der Waals surface area contributed by atoms with Crippen LogP contribution in [0.25, 0.3) is 0 Å². The summed E-state index contributed by atoms with van der Waals surface area (Å²) in [7, 11) is 0. The van der Waals surface area contributed by atoms with E-state index in [1.165, 1.54) is 6.33 Å². The molecular weight excluding hydrogens is 266 g/mol. The van der Waals surface area contributed by atoms with Crippen LogP contribution in [-0.4, -0.2) is 27.1 Å². The van der Waals surface area contributed by atoms with Gasteiger partial charge in [0.05, 0.1) is 0 Å². The van der Waals surface area contributed by atoms with E-state index in [2.05, 4.69) is 46.6 Å². The molecule has 1 aromatic heterocycles. The Morgan fingerprint density at radius 1 is 1.29 bits per heavy atom. The van der Waals surface area contributed by atoms with E-state index in [1.807, 2.05) is 19.1 Å². The first-order chi connectivity index (χ1) is 9.99. The number of H-pyrrole nitrogens is 1. The smallest absolute Gasteiger partial charge is 0.258 e. The summed E-state index contributed by atoms with van der Waals surface area (Å²) in [5.41, 5.74) is 2.51. The second-order valence-corrected chi connectivity index (χ2v) is 5.44. The van der Waals surface area contributed by atoms with E-state index in [9.17, 15) is 4.79 Å². The van der Waals surface area contributed by atoms with Crippen molar-refractivity contribution in [3.63, 3.8) is 0 Å². The van der Waals surface area contributed by atoms with E-state index in [0.29, 0.717) is 23.5 Å². The highest BCUT2D eigenvalue weighted by molar-refractivity contribution is 6.05. The van der Waals surface area contributed by atoms with Gasteiger partial charge in [-0.1, -0.05) is 19.9 Å². The molecule has 6 heteroatoms. The summed E-state index contributed by atoms with van der Waals surface area (Å²) >= 11 is 0. The second-order valence-electron chi connectivity index (χ2n) is 5.44. The molecule has 0 saturated carbocycles. The van der Waals surface area contributed by atoms with Gasteiger partial charge in [-0.15, -0.1) is 0 Å². The average Bonchev–Trinajstić information content (AvgIpc) is 2.93. The van der Waals surface area contributed by atoms with E-state index < -0.39 is 0 Å². The van der Waals surface area contributed by atoms with Crippen molar-refractivity contribution in [3.8, 4) is 0 Å². The highest BCUT2D eigenvalue weighted by Crippen LogP contribution is 2.21. The van der Waals surface area contributed by atoms with Gasteiger partial charge in [-0.3, -0.25) is 10.1 Å². The van der Waals surface area contributed by atoms with Crippen LogP contribution in [0, 0.1) is 12.8 Å². The summed E-state index contributed by atoms with van der Waals surface area (Å²) in [5, 5.41) is 12.4. The summed E-state index contributed by atoms with van der Waals surface area (Å²) < 4.78 is 0. The molecule has 1 atom stereocenters. The van der Waals surface area contributed by atoms with Crippen LogP contribution in [0.1, 0.15) is 36.7 Å². The van der Waals surface area contributed by atoms with Gasteiger partial charge in [-0.05, 0) is 37.5 Å². The molecule has 0 spiro atoms. The van der Waals surface area contributed by atoms with Crippen molar-refractivity contribution < 1.29 is 4.79 Å². The Kier molecular flexibility index (Phi) is 4.57.